The van der Waals surface area contributed by atoms with E-state index in [9.17, 15) is 34.2 Å². The summed E-state index contributed by atoms with van der Waals surface area (Å²) < 4.78 is 5.04. The van der Waals surface area contributed by atoms with Crippen LogP contribution in [0.25, 0.3) is 0 Å². The molecule has 2 aliphatic heterocycles. The fourth-order valence-electron chi connectivity index (χ4n) is 3.51. The second-order valence-electron chi connectivity index (χ2n) is 8.34. The van der Waals surface area contributed by atoms with Gasteiger partial charge in [0, 0.05) is 31.1 Å². The molecular weight excluding hydrogens is 430 g/mol. The van der Waals surface area contributed by atoms with E-state index >= 15 is 0 Å². The number of carboxylic acid groups (broad SMARTS) is 2. The summed E-state index contributed by atoms with van der Waals surface area (Å²) in [6, 6.07) is -1.63. The van der Waals surface area contributed by atoms with Crippen LogP contribution in [0.15, 0.2) is 11.3 Å². The number of carbonyl (C=O) groups is 5. The number of rotatable bonds is 10. The van der Waals surface area contributed by atoms with Crippen LogP contribution >= 0.6 is 11.8 Å². The lowest BCUT2D eigenvalue weighted by Gasteiger charge is -2.49. The van der Waals surface area contributed by atoms with Crippen molar-refractivity contribution in [3.63, 3.8) is 0 Å². The van der Waals surface area contributed by atoms with E-state index in [-0.39, 0.29) is 35.4 Å². The van der Waals surface area contributed by atoms with Crippen molar-refractivity contribution < 1.29 is 43.4 Å². The summed E-state index contributed by atoms with van der Waals surface area (Å²) in [6.45, 7) is 0.985. The van der Waals surface area contributed by atoms with E-state index in [2.05, 4.69) is 5.32 Å². The zero-order chi connectivity index (χ0) is 23.5. The van der Waals surface area contributed by atoms with Crippen molar-refractivity contribution in [2.45, 2.75) is 43.6 Å². The summed E-state index contributed by atoms with van der Waals surface area (Å²) >= 11 is 1.27. The Labute approximate surface area is 184 Å². The van der Waals surface area contributed by atoms with Crippen LogP contribution in [0.5, 0.6) is 0 Å². The molecule has 2 amide bonds. The van der Waals surface area contributed by atoms with Gasteiger partial charge in [0.15, 0.2) is 0 Å². The van der Waals surface area contributed by atoms with E-state index < -0.39 is 47.2 Å². The standard InChI is InChI=1S/C19H27N3O8S/c1-10(23)30-8-11-9-31-17-14(16(25)21(17)15(11)19(28)29)20-13(24)7-5-6-12(18(26)27)22(2,3)4/h12,14,17H,5-9H2,1-4H3,(H2-,20,24,26,27,28,29). The van der Waals surface area contributed by atoms with Crippen LogP contribution in [0.4, 0.5) is 0 Å². The number of fused-ring (bicyclic) bond motifs is 1. The number of β-lactam (4-membered cyclic amide) rings is 1. The molecule has 3 unspecified atom stereocenters. The minimum absolute atomic E-state index is 0.0320. The van der Waals surface area contributed by atoms with Crippen LogP contribution < -0.4 is 10.4 Å². The van der Waals surface area contributed by atoms with E-state index in [0.717, 1.165) is 4.90 Å². The van der Waals surface area contributed by atoms with E-state index in [1.54, 1.807) is 21.1 Å². The summed E-state index contributed by atoms with van der Waals surface area (Å²) in [7, 11) is 5.18. The quantitative estimate of drug-likeness (QED) is 0.222. The van der Waals surface area contributed by atoms with Gasteiger partial charge in [0.05, 0.1) is 27.1 Å². The molecule has 0 aromatic carbocycles. The molecule has 0 spiro atoms. The summed E-state index contributed by atoms with van der Waals surface area (Å²) in [5.74, 6) is -3.78. The summed E-state index contributed by atoms with van der Waals surface area (Å²) in [5.41, 5.74) is 0.0935. The maximum atomic E-state index is 12.5. The molecule has 2 rings (SSSR count). The van der Waals surface area contributed by atoms with Gasteiger partial charge >= 0.3 is 11.9 Å². The number of likely N-dealkylation sites (N-methyl/N-ethyl adjacent to an activating group) is 1. The molecule has 2 heterocycles. The second kappa shape index (κ2) is 9.69. The normalized spacial score (nSPS) is 21.7. The first kappa shape index (κ1) is 24.7. The lowest BCUT2D eigenvalue weighted by Crippen LogP contribution is -2.70. The Morgan fingerprint density at radius 2 is 1.97 bits per heavy atom. The van der Waals surface area contributed by atoms with Crippen molar-refractivity contribution in [2.75, 3.05) is 33.5 Å². The highest BCUT2D eigenvalue weighted by Crippen LogP contribution is 2.40. The molecule has 3 atom stereocenters. The fraction of sp³-hybridized carbons (Fsp3) is 0.632. The Kier molecular flexibility index (Phi) is 7.71. The molecule has 11 nitrogen and oxygen atoms in total. The van der Waals surface area contributed by atoms with Crippen LogP contribution in [0.3, 0.4) is 0 Å². The van der Waals surface area contributed by atoms with E-state index in [4.69, 9.17) is 4.74 Å². The largest absolute Gasteiger partial charge is 0.544 e. The Balaban J connectivity index is 1.95. The highest BCUT2D eigenvalue weighted by molar-refractivity contribution is 8.00. The number of amides is 2. The van der Waals surface area contributed by atoms with Gasteiger partial charge in [-0.15, -0.1) is 11.8 Å². The van der Waals surface area contributed by atoms with Crippen molar-refractivity contribution in [3.05, 3.63) is 11.3 Å². The number of nitrogens with one attached hydrogen (secondary N) is 1. The first-order valence-electron chi connectivity index (χ1n) is 9.69. The average Bonchev–Trinajstić information content (AvgIpc) is 2.65. The van der Waals surface area contributed by atoms with Gasteiger partial charge in [-0.1, -0.05) is 0 Å². The molecule has 1 saturated heterocycles. The zero-order valence-electron chi connectivity index (χ0n) is 17.9. The first-order chi connectivity index (χ1) is 14.3. The number of hydrogen-bond donors (Lipinski definition) is 2. The Morgan fingerprint density at radius 3 is 2.48 bits per heavy atom. The van der Waals surface area contributed by atoms with Crippen molar-refractivity contribution >= 4 is 41.5 Å². The molecule has 0 radical (unpaired) electrons. The maximum Gasteiger partial charge on any atom is 0.352 e. The Bertz CT molecular complexity index is 819. The average molecular weight is 458 g/mol. The minimum Gasteiger partial charge on any atom is -0.544 e. The zero-order valence-corrected chi connectivity index (χ0v) is 18.7. The lowest BCUT2D eigenvalue weighted by molar-refractivity contribution is -0.889. The van der Waals surface area contributed by atoms with Crippen LogP contribution in [0.1, 0.15) is 26.2 Å². The van der Waals surface area contributed by atoms with Crippen molar-refractivity contribution in [1.29, 1.82) is 0 Å². The number of aliphatic carboxylic acids is 2. The Morgan fingerprint density at radius 1 is 1.32 bits per heavy atom. The predicted octanol–water partition coefficient (Wildman–Crippen LogP) is -1.72. The number of hydrogen-bond acceptors (Lipinski definition) is 8. The van der Waals surface area contributed by atoms with Crippen molar-refractivity contribution in [3.8, 4) is 0 Å². The topological polar surface area (TPSA) is 153 Å². The van der Waals surface area contributed by atoms with Crippen molar-refractivity contribution in [2.24, 2.45) is 0 Å². The third-order valence-corrected chi connectivity index (χ3v) is 6.44. The molecule has 0 aromatic rings. The van der Waals surface area contributed by atoms with E-state index in [0.29, 0.717) is 12.0 Å². The third kappa shape index (κ3) is 5.76. The molecule has 2 aliphatic rings. The Hall–Kier alpha value is -2.60. The molecule has 1 fully saturated rings. The van der Waals surface area contributed by atoms with Gasteiger partial charge in [0.25, 0.3) is 5.91 Å². The summed E-state index contributed by atoms with van der Waals surface area (Å²) in [6.07, 6.45) is 0.576. The third-order valence-electron chi connectivity index (χ3n) is 5.10. The fourth-order valence-corrected chi connectivity index (χ4v) is 4.83. The van der Waals surface area contributed by atoms with Crippen molar-refractivity contribution in [1.82, 2.24) is 10.2 Å². The van der Waals surface area contributed by atoms with Crippen LogP contribution in [0, 0.1) is 0 Å². The molecular formula is C19H27N3O8S. The van der Waals surface area contributed by atoms with Gasteiger partial charge in [0.1, 0.15) is 29.8 Å². The monoisotopic (exact) mass is 457 g/mol. The molecule has 0 bridgehead atoms. The van der Waals surface area contributed by atoms with Gasteiger partial charge in [-0.2, -0.15) is 0 Å². The van der Waals surface area contributed by atoms with Gasteiger partial charge in [-0.25, -0.2) is 4.79 Å². The highest BCUT2D eigenvalue weighted by atomic mass is 32.2. The smallest absolute Gasteiger partial charge is 0.352 e. The van der Waals surface area contributed by atoms with Gasteiger partial charge in [-0.05, 0) is 6.42 Å². The number of esters is 1. The number of ether oxygens (including phenoxy) is 1. The van der Waals surface area contributed by atoms with Gasteiger partial charge in [0.2, 0.25) is 5.91 Å². The molecule has 31 heavy (non-hydrogen) atoms. The number of quaternary nitrogens is 1. The number of thioether (sulfide) groups is 1. The van der Waals surface area contributed by atoms with Crippen LogP contribution in [-0.4, -0.2) is 95.2 Å². The van der Waals surface area contributed by atoms with Gasteiger partial charge in [-0.3, -0.25) is 19.3 Å². The number of carbonyl (C=O) groups excluding carboxylic acids is 4. The summed E-state index contributed by atoms with van der Waals surface area (Å²) in [5, 5.41) is 22.9. The molecule has 172 valence electrons. The SMILES string of the molecule is CC(=O)OCC1=C(C(=O)O)N2C(=O)C(NC(=O)CCCC(C(=O)[O-])[N+](C)(C)C)C2SC1. The number of carboxylic acids is 2. The maximum absolute atomic E-state index is 12.5. The number of nitrogens with zero attached hydrogens (tertiary/aromatic N) is 2. The second-order valence-corrected chi connectivity index (χ2v) is 9.44. The summed E-state index contributed by atoms with van der Waals surface area (Å²) in [4.78, 5) is 59.9. The minimum atomic E-state index is -1.31. The lowest BCUT2D eigenvalue weighted by atomic mass is 10.0. The molecule has 0 aliphatic carbocycles. The molecule has 0 saturated carbocycles. The molecule has 2 N–H and O–H groups in total. The van der Waals surface area contributed by atoms with Crippen LogP contribution in [0.2, 0.25) is 0 Å². The van der Waals surface area contributed by atoms with E-state index in [1.165, 1.54) is 18.7 Å². The van der Waals surface area contributed by atoms with Gasteiger partial charge < -0.3 is 29.5 Å². The van der Waals surface area contributed by atoms with E-state index in [1.807, 2.05) is 0 Å². The molecule has 0 aromatic heterocycles. The van der Waals surface area contributed by atoms with Crippen LogP contribution in [-0.2, 0) is 28.7 Å². The molecule has 12 heteroatoms. The highest BCUT2D eigenvalue weighted by Gasteiger charge is 2.54. The first-order valence-corrected chi connectivity index (χ1v) is 10.7. The predicted molar refractivity (Wildman–Crippen MR) is 107 cm³/mol.